The van der Waals surface area contributed by atoms with Crippen molar-refractivity contribution in [2.45, 2.75) is 37.1 Å². The molecule has 0 spiro atoms. The Morgan fingerprint density at radius 2 is 2.00 bits per heavy atom. The average Bonchev–Trinajstić information content (AvgIpc) is 3.13. The highest BCUT2D eigenvalue weighted by Gasteiger charge is 2.51. The molecule has 20 heavy (non-hydrogen) atoms. The predicted molar refractivity (Wildman–Crippen MR) is 74.7 cm³/mol. The monoisotopic (exact) mass is 293 g/mol. The molecule has 0 unspecified atom stereocenters. The number of carboxylic acid groups (broad SMARTS) is 1. The van der Waals surface area contributed by atoms with Crippen LogP contribution in [0.4, 0.5) is 0 Å². The first-order chi connectivity index (χ1) is 9.53. The maximum atomic E-state index is 12.2. The molecule has 4 nitrogen and oxygen atoms in total. The highest BCUT2D eigenvalue weighted by molar-refractivity contribution is 6.31. The third kappa shape index (κ3) is 2.18. The number of carbonyl (C=O) groups is 2. The molecule has 1 aromatic carbocycles. The van der Waals surface area contributed by atoms with Crippen LogP contribution >= 0.6 is 11.6 Å². The van der Waals surface area contributed by atoms with E-state index in [2.05, 4.69) is 5.32 Å². The summed E-state index contributed by atoms with van der Waals surface area (Å²) in [5.41, 5.74) is -0.0441. The van der Waals surface area contributed by atoms with Crippen LogP contribution in [0.2, 0.25) is 5.02 Å². The fourth-order valence-corrected chi connectivity index (χ4v) is 3.13. The first-order valence-electron chi connectivity index (χ1n) is 6.83. The van der Waals surface area contributed by atoms with E-state index in [0.717, 1.165) is 18.4 Å². The first-order valence-corrected chi connectivity index (χ1v) is 7.21. The number of hydrogen-bond donors (Lipinski definition) is 2. The second-order valence-electron chi connectivity index (χ2n) is 5.70. The van der Waals surface area contributed by atoms with Crippen molar-refractivity contribution < 1.29 is 14.7 Å². The molecule has 0 aliphatic heterocycles. The minimum Gasteiger partial charge on any atom is -0.480 e. The Morgan fingerprint density at radius 3 is 2.55 bits per heavy atom. The van der Waals surface area contributed by atoms with E-state index in [0.29, 0.717) is 17.9 Å². The third-order valence-electron chi connectivity index (χ3n) is 4.41. The molecule has 2 aliphatic rings. The lowest BCUT2D eigenvalue weighted by Crippen LogP contribution is -2.59. The van der Waals surface area contributed by atoms with Crippen molar-refractivity contribution in [2.75, 3.05) is 0 Å². The summed E-state index contributed by atoms with van der Waals surface area (Å²) < 4.78 is 0. The van der Waals surface area contributed by atoms with Crippen molar-refractivity contribution in [2.24, 2.45) is 5.92 Å². The smallest absolute Gasteiger partial charge is 0.329 e. The van der Waals surface area contributed by atoms with E-state index in [-0.39, 0.29) is 17.7 Å². The average molecular weight is 294 g/mol. The lowest BCUT2D eigenvalue weighted by molar-refractivity contribution is -0.152. The zero-order chi connectivity index (χ0) is 14.3. The van der Waals surface area contributed by atoms with Crippen molar-refractivity contribution in [1.82, 2.24) is 5.32 Å². The minimum atomic E-state index is -1.02. The minimum absolute atomic E-state index is 0.120. The summed E-state index contributed by atoms with van der Waals surface area (Å²) >= 11 is 6.13. The molecule has 2 saturated carbocycles. The summed E-state index contributed by atoms with van der Waals surface area (Å²) in [4.78, 5) is 23.4. The van der Waals surface area contributed by atoms with Gasteiger partial charge in [-0.25, -0.2) is 4.79 Å². The molecule has 106 valence electrons. The summed E-state index contributed by atoms with van der Waals surface area (Å²) in [6, 6.07) is 7.50. The maximum absolute atomic E-state index is 12.2. The van der Waals surface area contributed by atoms with E-state index in [9.17, 15) is 14.7 Å². The molecule has 0 radical (unpaired) electrons. The largest absolute Gasteiger partial charge is 0.480 e. The van der Waals surface area contributed by atoms with E-state index in [1.54, 1.807) is 0 Å². The van der Waals surface area contributed by atoms with Crippen molar-refractivity contribution in [3.8, 4) is 0 Å². The van der Waals surface area contributed by atoms with Gasteiger partial charge < -0.3 is 10.4 Å². The fraction of sp³-hybridized carbons (Fsp3) is 0.467. The quantitative estimate of drug-likeness (QED) is 0.896. The zero-order valence-corrected chi connectivity index (χ0v) is 11.7. The summed E-state index contributed by atoms with van der Waals surface area (Å²) in [6.07, 6.45) is 2.64. The molecule has 5 heteroatoms. The van der Waals surface area contributed by atoms with Gasteiger partial charge in [0.25, 0.3) is 0 Å². The Hall–Kier alpha value is -1.55. The Bertz CT molecular complexity index is 568. The SMILES string of the molecule is O=C(NC1(C(=O)O)CCC1)[C@H]1C[C@H]1c1ccccc1Cl. The van der Waals surface area contributed by atoms with Gasteiger partial charge in [0.2, 0.25) is 5.91 Å². The molecule has 2 fully saturated rings. The number of aliphatic carboxylic acids is 1. The second kappa shape index (κ2) is 4.77. The number of carboxylic acids is 1. The van der Waals surface area contributed by atoms with E-state index < -0.39 is 11.5 Å². The van der Waals surface area contributed by atoms with Gasteiger partial charge in [-0.3, -0.25) is 4.79 Å². The Morgan fingerprint density at radius 1 is 1.30 bits per heavy atom. The van der Waals surface area contributed by atoms with Crippen LogP contribution in [0.5, 0.6) is 0 Å². The van der Waals surface area contributed by atoms with Crippen molar-refractivity contribution >= 4 is 23.5 Å². The first kappa shape index (κ1) is 13.4. The molecule has 0 saturated heterocycles. The number of rotatable bonds is 4. The molecule has 0 aromatic heterocycles. The summed E-state index contributed by atoms with van der Waals surface area (Å²) in [6.45, 7) is 0. The van der Waals surface area contributed by atoms with Gasteiger partial charge in [0.05, 0.1) is 0 Å². The molecule has 2 atom stereocenters. The van der Waals surface area contributed by atoms with E-state index >= 15 is 0 Å². The van der Waals surface area contributed by atoms with Crippen LogP contribution in [0.3, 0.4) is 0 Å². The van der Waals surface area contributed by atoms with Crippen LogP contribution in [-0.2, 0) is 9.59 Å². The van der Waals surface area contributed by atoms with Crippen LogP contribution in [0.1, 0.15) is 37.2 Å². The molecule has 2 aliphatic carbocycles. The summed E-state index contributed by atoms with van der Waals surface area (Å²) in [7, 11) is 0. The normalized spacial score (nSPS) is 26.4. The van der Waals surface area contributed by atoms with Gasteiger partial charge >= 0.3 is 5.97 Å². The molecule has 1 aromatic rings. The summed E-state index contributed by atoms with van der Waals surface area (Å²) in [5, 5.41) is 12.6. The lowest BCUT2D eigenvalue weighted by Gasteiger charge is -2.38. The van der Waals surface area contributed by atoms with E-state index in [1.165, 1.54) is 0 Å². The van der Waals surface area contributed by atoms with Gasteiger partial charge in [-0.1, -0.05) is 29.8 Å². The van der Waals surface area contributed by atoms with Gasteiger partial charge in [-0.05, 0) is 43.2 Å². The van der Waals surface area contributed by atoms with Gasteiger partial charge in [-0.2, -0.15) is 0 Å². The predicted octanol–water partition coefficient (Wildman–Crippen LogP) is 2.57. The van der Waals surface area contributed by atoms with Gasteiger partial charge in [0.1, 0.15) is 5.54 Å². The number of halogens is 1. The highest BCUT2D eigenvalue weighted by Crippen LogP contribution is 2.50. The number of carbonyl (C=O) groups excluding carboxylic acids is 1. The molecule has 1 amide bonds. The molecular formula is C15H16ClNO3. The van der Waals surface area contributed by atoms with Gasteiger partial charge in [-0.15, -0.1) is 0 Å². The number of nitrogens with one attached hydrogen (secondary N) is 1. The fourth-order valence-electron chi connectivity index (χ4n) is 2.86. The number of amides is 1. The lowest BCUT2D eigenvalue weighted by atomic mass is 9.76. The third-order valence-corrected chi connectivity index (χ3v) is 4.76. The van der Waals surface area contributed by atoms with Crippen LogP contribution in [-0.4, -0.2) is 22.5 Å². The molecule has 0 bridgehead atoms. The topological polar surface area (TPSA) is 66.4 Å². The van der Waals surface area contributed by atoms with Crippen LogP contribution in [0.15, 0.2) is 24.3 Å². The standard InChI is InChI=1S/C15H16ClNO3/c16-12-5-2-1-4-9(12)10-8-11(10)13(18)17-15(14(19)20)6-3-7-15/h1-2,4-5,10-11H,3,6-8H2,(H,17,18)(H,19,20)/t10-,11-/m0/s1. The summed E-state index contributed by atoms with van der Waals surface area (Å²) in [5.74, 6) is -1.11. The number of benzene rings is 1. The van der Waals surface area contributed by atoms with Crippen LogP contribution in [0.25, 0.3) is 0 Å². The van der Waals surface area contributed by atoms with Crippen molar-refractivity contribution in [3.05, 3.63) is 34.9 Å². The highest BCUT2D eigenvalue weighted by atomic mass is 35.5. The van der Waals surface area contributed by atoms with Crippen molar-refractivity contribution in [1.29, 1.82) is 0 Å². The Kier molecular flexibility index (Phi) is 3.21. The Balaban J connectivity index is 1.66. The van der Waals surface area contributed by atoms with Gasteiger partial charge in [0, 0.05) is 10.9 Å². The molecule has 0 heterocycles. The molecular weight excluding hydrogens is 278 g/mol. The number of hydrogen-bond acceptors (Lipinski definition) is 2. The van der Waals surface area contributed by atoms with E-state index in [1.807, 2.05) is 24.3 Å². The maximum Gasteiger partial charge on any atom is 0.329 e. The molecule has 3 rings (SSSR count). The van der Waals surface area contributed by atoms with Crippen molar-refractivity contribution in [3.63, 3.8) is 0 Å². The second-order valence-corrected chi connectivity index (χ2v) is 6.11. The zero-order valence-electron chi connectivity index (χ0n) is 10.9. The Labute approximate surface area is 122 Å². The van der Waals surface area contributed by atoms with E-state index in [4.69, 9.17) is 11.6 Å². The van der Waals surface area contributed by atoms with Crippen LogP contribution in [0, 0.1) is 5.92 Å². The van der Waals surface area contributed by atoms with Gasteiger partial charge in [0.15, 0.2) is 0 Å². The molecule has 2 N–H and O–H groups in total. The van der Waals surface area contributed by atoms with Crippen LogP contribution < -0.4 is 5.32 Å².